The fourth-order valence-corrected chi connectivity index (χ4v) is 1.59. The fourth-order valence-electron chi connectivity index (χ4n) is 1.59. The molecule has 0 aliphatic rings. The summed E-state index contributed by atoms with van der Waals surface area (Å²) in [7, 11) is 0. The number of benzene rings is 1. The highest BCUT2D eigenvalue weighted by Crippen LogP contribution is 2.07. The molecule has 0 aliphatic carbocycles. The van der Waals surface area contributed by atoms with Crippen LogP contribution in [0.3, 0.4) is 0 Å². The molecule has 88 valence electrons. The number of aromatic amines is 1. The van der Waals surface area contributed by atoms with Crippen LogP contribution in [0.5, 0.6) is 0 Å². The molecule has 0 fully saturated rings. The molecule has 5 heteroatoms. The Morgan fingerprint density at radius 1 is 1.35 bits per heavy atom. The Balaban J connectivity index is 2.29. The number of H-pyrrole nitrogens is 1. The standard InChI is InChI=1S/C12H12FN3O/c13-9-3-1-2-8(4-9)5-11-15-10(7-14)6-12(17)16-11/h1-4,6H,5,7,14H2,(H,15,16,17). The molecule has 4 nitrogen and oxygen atoms in total. The van der Waals surface area contributed by atoms with Crippen LogP contribution in [0.1, 0.15) is 17.1 Å². The maximum Gasteiger partial charge on any atom is 0.251 e. The van der Waals surface area contributed by atoms with E-state index in [1.165, 1.54) is 18.2 Å². The number of aromatic nitrogens is 2. The quantitative estimate of drug-likeness (QED) is 0.829. The Bertz CT molecular complexity index is 580. The number of hydrogen-bond acceptors (Lipinski definition) is 3. The van der Waals surface area contributed by atoms with Crippen LogP contribution in [-0.2, 0) is 13.0 Å². The van der Waals surface area contributed by atoms with Crippen molar-refractivity contribution < 1.29 is 4.39 Å². The molecule has 1 aromatic carbocycles. The number of nitrogens with two attached hydrogens (primary N) is 1. The van der Waals surface area contributed by atoms with Crippen molar-refractivity contribution in [2.24, 2.45) is 5.73 Å². The molecule has 0 saturated heterocycles. The van der Waals surface area contributed by atoms with Gasteiger partial charge in [0.2, 0.25) is 0 Å². The Morgan fingerprint density at radius 2 is 2.18 bits per heavy atom. The first kappa shape index (κ1) is 11.5. The van der Waals surface area contributed by atoms with Gasteiger partial charge in [0.15, 0.2) is 0 Å². The third-order valence-electron chi connectivity index (χ3n) is 2.31. The second kappa shape index (κ2) is 4.88. The zero-order valence-electron chi connectivity index (χ0n) is 9.11. The third-order valence-corrected chi connectivity index (χ3v) is 2.31. The summed E-state index contributed by atoms with van der Waals surface area (Å²) in [6.45, 7) is 0.208. The van der Waals surface area contributed by atoms with E-state index in [-0.39, 0.29) is 17.9 Å². The smallest absolute Gasteiger partial charge is 0.251 e. The Morgan fingerprint density at radius 3 is 2.88 bits per heavy atom. The second-order valence-electron chi connectivity index (χ2n) is 3.69. The van der Waals surface area contributed by atoms with Crippen LogP contribution in [0.4, 0.5) is 4.39 Å². The van der Waals surface area contributed by atoms with Crippen molar-refractivity contribution >= 4 is 0 Å². The Labute approximate surface area is 97.3 Å². The van der Waals surface area contributed by atoms with Crippen LogP contribution in [0.25, 0.3) is 0 Å². The molecule has 0 spiro atoms. The number of nitrogens with zero attached hydrogens (tertiary/aromatic N) is 1. The van der Waals surface area contributed by atoms with Gasteiger partial charge in [0.1, 0.15) is 11.6 Å². The van der Waals surface area contributed by atoms with E-state index >= 15 is 0 Å². The molecule has 3 N–H and O–H groups in total. The van der Waals surface area contributed by atoms with Gasteiger partial charge in [0, 0.05) is 19.0 Å². The summed E-state index contributed by atoms with van der Waals surface area (Å²) in [5, 5.41) is 0. The molecule has 17 heavy (non-hydrogen) atoms. The molecule has 2 rings (SSSR count). The maximum atomic E-state index is 13.0. The molecule has 0 aliphatic heterocycles. The van der Waals surface area contributed by atoms with Crippen LogP contribution >= 0.6 is 0 Å². The first-order valence-electron chi connectivity index (χ1n) is 5.21. The van der Waals surface area contributed by atoms with E-state index < -0.39 is 0 Å². The van der Waals surface area contributed by atoms with Gasteiger partial charge in [0.05, 0.1) is 5.69 Å². The summed E-state index contributed by atoms with van der Waals surface area (Å²) in [5.41, 5.74) is 6.47. The van der Waals surface area contributed by atoms with E-state index in [2.05, 4.69) is 9.97 Å². The highest BCUT2D eigenvalue weighted by molar-refractivity contribution is 5.20. The van der Waals surface area contributed by atoms with Gasteiger partial charge in [-0.05, 0) is 17.7 Å². The summed E-state index contributed by atoms with van der Waals surface area (Å²) in [6.07, 6.45) is 0.376. The first-order chi connectivity index (χ1) is 8.17. The molecular weight excluding hydrogens is 221 g/mol. The monoisotopic (exact) mass is 233 g/mol. The number of nitrogens with one attached hydrogen (secondary N) is 1. The Hall–Kier alpha value is -2.01. The minimum Gasteiger partial charge on any atom is -0.325 e. The van der Waals surface area contributed by atoms with Gasteiger partial charge < -0.3 is 10.7 Å². The number of rotatable bonds is 3. The van der Waals surface area contributed by atoms with Gasteiger partial charge in [0.25, 0.3) is 5.56 Å². The number of halogens is 1. The highest BCUT2D eigenvalue weighted by atomic mass is 19.1. The first-order valence-corrected chi connectivity index (χ1v) is 5.21. The molecule has 0 bridgehead atoms. The zero-order chi connectivity index (χ0) is 12.3. The summed E-state index contributed by atoms with van der Waals surface area (Å²) >= 11 is 0. The maximum absolute atomic E-state index is 13.0. The lowest BCUT2D eigenvalue weighted by Gasteiger charge is -2.03. The van der Waals surface area contributed by atoms with E-state index in [0.717, 1.165) is 5.56 Å². The molecule has 0 saturated carbocycles. The van der Waals surface area contributed by atoms with Gasteiger partial charge >= 0.3 is 0 Å². The lowest BCUT2D eigenvalue weighted by atomic mass is 10.1. The SMILES string of the molecule is NCc1cc(=O)[nH]c(Cc2cccc(F)c2)n1. The van der Waals surface area contributed by atoms with Crippen molar-refractivity contribution in [3.8, 4) is 0 Å². The molecule has 1 heterocycles. The fraction of sp³-hybridized carbons (Fsp3) is 0.167. The van der Waals surface area contributed by atoms with Crippen molar-refractivity contribution in [1.29, 1.82) is 0 Å². The summed E-state index contributed by atoms with van der Waals surface area (Å²) < 4.78 is 13.0. The van der Waals surface area contributed by atoms with Gasteiger partial charge in [-0.25, -0.2) is 9.37 Å². The largest absolute Gasteiger partial charge is 0.325 e. The molecular formula is C12H12FN3O. The van der Waals surface area contributed by atoms with Crippen LogP contribution in [0.15, 0.2) is 35.1 Å². The van der Waals surface area contributed by atoms with E-state index in [4.69, 9.17) is 5.73 Å². The van der Waals surface area contributed by atoms with Crippen molar-refractivity contribution in [3.05, 3.63) is 63.6 Å². The van der Waals surface area contributed by atoms with Gasteiger partial charge in [-0.2, -0.15) is 0 Å². The molecule has 0 amide bonds. The van der Waals surface area contributed by atoms with Crippen LogP contribution in [0.2, 0.25) is 0 Å². The van der Waals surface area contributed by atoms with E-state index in [9.17, 15) is 9.18 Å². The van der Waals surface area contributed by atoms with Crippen molar-refractivity contribution in [2.45, 2.75) is 13.0 Å². The minimum absolute atomic E-state index is 0.208. The zero-order valence-corrected chi connectivity index (χ0v) is 9.11. The van der Waals surface area contributed by atoms with Crippen molar-refractivity contribution in [2.75, 3.05) is 0 Å². The van der Waals surface area contributed by atoms with Crippen molar-refractivity contribution in [1.82, 2.24) is 9.97 Å². The van der Waals surface area contributed by atoms with E-state index in [1.54, 1.807) is 12.1 Å². The van der Waals surface area contributed by atoms with Gasteiger partial charge in [-0.1, -0.05) is 12.1 Å². The second-order valence-corrected chi connectivity index (χ2v) is 3.69. The molecule has 0 unspecified atom stereocenters. The third kappa shape index (κ3) is 2.98. The predicted molar refractivity (Wildman–Crippen MR) is 62.0 cm³/mol. The van der Waals surface area contributed by atoms with Crippen LogP contribution in [-0.4, -0.2) is 9.97 Å². The highest BCUT2D eigenvalue weighted by Gasteiger charge is 2.02. The van der Waals surface area contributed by atoms with Gasteiger partial charge in [-0.3, -0.25) is 4.79 Å². The predicted octanol–water partition coefficient (Wildman–Crippen LogP) is 0.958. The molecule has 2 aromatic rings. The Kier molecular flexibility index (Phi) is 3.30. The summed E-state index contributed by atoms with van der Waals surface area (Å²) in [6, 6.07) is 7.54. The molecule has 0 atom stereocenters. The number of hydrogen-bond donors (Lipinski definition) is 2. The topological polar surface area (TPSA) is 71.8 Å². The normalized spacial score (nSPS) is 10.5. The van der Waals surface area contributed by atoms with Crippen molar-refractivity contribution in [3.63, 3.8) is 0 Å². The van der Waals surface area contributed by atoms with Crippen LogP contribution < -0.4 is 11.3 Å². The molecule has 1 aromatic heterocycles. The summed E-state index contributed by atoms with van der Waals surface area (Å²) in [5.74, 6) is 0.184. The average molecular weight is 233 g/mol. The lowest BCUT2D eigenvalue weighted by Crippen LogP contribution is -2.15. The van der Waals surface area contributed by atoms with E-state index in [1.807, 2.05) is 0 Å². The average Bonchev–Trinajstić information content (AvgIpc) is 2.28. The minimum atomic E-state index is -0.306. The lowest BCUT2D eigenvalue weighted by molar-refractivity contribution is 0.625. The van der Waals surface area contributed by atoms with Gasteiger partial charge in [-0.15, -0.1) is 0 Å². The van der Waals surface area contributed by atoms with Crippen LogP contribution in [0, 0.1) is 5.82 Å². The molecule has 0 radical (unpaired) electrons. The van der Waals surface area contributed by atoms with E-state index in [0.29, 0.717) is 17.9 Å². The summed E-state index contributed by atoms with van der Waals surface area (Å²) in [4.78, 5) is 18.1.